The molecule has 40 heavy (non-hydrogen) atoms. The number of hydrogen-bond acceptors (Lipinski definition) is 7. The maximum Gasteiger partial charge on any atom is 0.266 e. The van der Waals surface area contributed by atoms with E-state index in [1.54, 1.807) is 29.3 Å². The summed E-state index contributed by atoms with van der Waals surface area (Å²) in [7, 11) is 0. The molecule has 3 unspecified atom stereocenters. The zero-order chi connectivity index (χ0) is 28.1. The summed E-state index contributed by atoms with van der Waals surface area (Å²) in [5, 5.41) is 1.69. The van der Waals surface area contributed by atoms with Crippen LogP contribution in [0.4, 0.5) is 11.4 Å². The summed E-state index contributed by atoms with van der Waals surface area (Å²) < 4.78 is 17.6. The monoisotopic (exact) mass is 544 g/mol. The number of fused-ring (bicyclic) bond motifs is 1. The van der Waals surface area contributed by atoms with Crippen LogP contribution in [0, 0.1) is 5.92 Å². The van der Waals surface area contributed by atoms with E-state index >= 15 is 0 Å². The van der Waals surface area contributed by atoms with Crippen molar-refractivity contribution in [3.05, 3.63) is 78.4 Å². The largest absolute Gasteiger partial charge is 0.494 e. The molecule has 8 nitrogen and oxygen atoms in total. The summed E-state index contributed by atoms with van der Waals surface area (Å²) >= 11 is 0. The molecule has 0 aromatic heterocycles. The van der Waals surface area contributed by atoms with Crippen molar-refractivity contribution in [2.24, 2.45) is 5.92 Å². The molecule has 0 spiro atoms. The number of hydrogen-bond donors (Lipinski definition) is 0. The number of hydroxylamine groups is 1. The normalized spacial score (nSPS) is 20.1. The van der Waals surface area contributed by atoms with Crippen LogP contribution in [0.25, 0.3) is 0 Å². The van der Waals surface area contributed by atoms with Crippen LogP contribution in [0.15, 0.2) is 72.8 Å². The lowest BCUT2D eigenvalue weighted by Gasteiger charge is -2.29. The molecule has 0 bridgehead atoms. The number of nitrogens with zero attached hydrogens (tertiary/aromatic N) is 2. The van der Waals surface area contributed by atoms with Gasteiger partial charge in [0.05, 0.1) is 37.2 Å². The Morgan fingerprint density at radius 2 is 1.52 bits per heavy atom. The van der Waals surface area contributed by atoms with Gasteiger partial charge < -0.3 is 14.2 Å². The van der Waals surface area contributed by atoms with E-state index in [-0.39, 0.29) is 11.8 Å². The van der Waals surface area contributed by atoms with Gasteiger partial charge in [-0.1, -0.05) is 44.5 Å². The predicted molar refractivity (Wildman–Crippen MR) is 153 cm³/mol. The maximum absolute atomic E-state index is 14.0. The summed E-state index contributed by atoms with van der Waals surface area (Å²) in [5.41, 5.74) is 2.05. The quantitative estimate of drug-likeness (QED) is 0.201. The number of imide groups is 1. The van der Waals surface area contributed by atoms with Crippen molar-refractivity contribution < 1.29 is 28.6 Å². The Morgan fingerprint density at radius 1 is 0.750 bits per heavy atom. The van der Waals surface area contributed by atoms with Gasteiger partial charge in [0.15, 0.2) is 17.6 Å². The zero-order valence-corrected chi connectivity index (χ0v) is 23.2. The van der Waals surface area contributed by atoms with Crippen LogP contribution in [0.3, 0.4) is 0 Å². The first-order valence-electron chi connectivity index (χ1n) is 14.1. The molecule has 2 heterocycles. The lowest BCUT2D eigenvalue weighted by atomic mass is 9.90. The highest BCUT2D eigenvalue weighted by atomic mass is 16.7. The smallest absolute Gasteiger partial charge is 0.266 e. The minimum atomic E-state index is -0.954. The molecular formula is C32H36N2O6. The van der Waals surface area contributed by atoms with Crippen molar-refractivity contribution in [3.8, 4) is 17.2 Å². The molecule has 2 amide bonds. The van der Waals surface area contributed by atoms with E-state index in [2.05, 4.69) is 6.92 Å². The van der Waals surface area contributed by atoms with Gasteiger partial charge in [-0.25, -0.2) is 9.96 Å². The molecule has 2 aliphatic rings. The molecule has 2 fully saturated rings. The first-order chi connectivity index (χ1) is 19.6. The lowest BCUT2D eigenvalue weighted by Crippen LogP contribution is -2.37. The predicted octanol–water partition coefficient (Wildman–Crippen LogP) is 6.10. The SMILES string of the molecule is CCCCOc1ccc(C2C3C(=O)N(c4ccc(OCCC)cc4)C(=O)C3ON2c2ccccc2)cc1OCC. The van der Waals surface area contributed by atoms with E-state index in [0.717, 1.165) is 30.5 Å². The van der Waals surface area contributed by atoms with E-state index in [1.807, 2.05) is 62.4 Å². The molecule has 0 N–H and O–H groups in total. The topological polar surface area (TPSA) is 77.5 Å². The minimum absolute atomic E-state index is 0.304. The van der Waals surface area contributed by atoms with Crippen molar-refractivity contribution in [2.45, 2.75) is 52.2 Å². The van der Waals surface area contributed by atoms with Crippen molar-refractivity contribution in [3.63, 3.8) is 0 Å². The number of unbranched alkanes of at least 4 members (excludes halogenated alkanes) is 1. The first kappa shape index (κ1) is 27.5. The van der Waals surface area contributed by atoms with Crippen LogP contribution in [-0.4, -0.2) is 37.7 Å². The molecule has 8 heteroatoms. The Labute approximate surface area is 235 Å². The molecule has 210 valence electrons. The second kappa shape index (κ2) is 12.4. The number of para-hydroxylation sites is 1. The number of amides is 2. The number of ether oxygens (including phenoxy) is 3. The highest BCUT2D eigenvalue weighted by Crippen LogP contribution is 2.48. The fraction of sp³-hybridized carbons (Fsp3) is 0.375. The second-order valence-corrected chi connectivity index (χ2v) is 9.85. The standard InChI is InChI=1S/C32H36N2O6/c1-4-7-20-39-26-18-13-22(21-27(26)37-6-3)29-28-30(40-34(29)24-11-9-8-10-12-24)32(36)33(31(28)35)23-14-16-25(17-15-23)38-19-5-2/h8-18,21,28-30H,4-7,19-20H2,1-3H3. The number of benzene rings is 3. The van der Waals surface area contributed by atoms with Crippen molar-refractivity contribution in [2.75, 3.05) is 29.8 Å². The third kappa shape index (κ3) is 5.36. The lowest BCUT2D eigenvalue weighted by molar-refractivity contribution is -0.126. The molecule has 0 radical (unpaired) electrons. The van der Waals surface area contributed by atoms with Gasteiger partial charge in [-0.15, -0.1) is 0 Å². The van der Waals surface area contributed by atoms with Gasteiger partial charge in [0.1, 0.15) is 11.7 Å². The van der Waals surface area contributed by atoms with E-state index in [0.29, 0.717) is 42.8 Å². The van der Waals surface area contributed by atoms with Gasteiger partial charge in [-0.05, 0) is 73.9 Å². The minimum Gasteiger partial charge on any atom is -0.494 e. The first-order valence-corrected chi connectivity index (χ1v) is 14.1. The Morgan fingerprint density at radius 3 is 2.23 bits per heavy atom. The van der Waals surface area contributed by atoms with Gasteiger partial charge in [0.2, 0.25) is 5.91 Å². The van der Waals surface area contributed by atoms with Crippen LogP contribution in [0.2, 0.25) is 0 Å². The molecule has 0 saturated carbocycles. The summed E-state index contributed by atoms with van der Waals surface area (Å²) in [6, 6.07) is 21.7. The number of carbonyl (C=O) groups excluding carboxylic acids is 2. The third-order valence-corrected chi connectivity index (χ3v) is 7.06. The van der Waals surface area contributed by atoms with Gasteiger partial charge in [0.25, 0.3) is 5.91 Å². The number of rotatable bonds is 12. The van der Waals surface area contributed by atoms with Crippen LogP contribution in [0.1, 0.15) is 51.6 Å². The molecule has 5 rings (SSSR count). The van der Waals surface area contributed by atoms with Crippen molar-refractivity contribution in [1.82, 2.24) is 0 Å². The maximum atomic E-state index is 14.0. The summed E-state index contributed by atoms with van der Waals surface area (Å²) in [4.78, 5) is 35.2. The van der Waals surface area contributed by atoms with E-state index in [9.17, 15) is 9.59 Å². The van der Waals surface area contributed by atoms with Gasteiger partial charge in [0, 0.05) is 0 Å². The summed E-state index contributed by atoms with van der Waals surface area (Å²) in [5.74, 6) is 0.515. The summed E-state index contributed by atoms with van der Waals surface area (Å²) in [6.07, 6.45) is 1.90. The van der Waals surface area contributed by atoms with E-state index < -0.39 is 18.1 Å². The Kier molecular flexibility index (Phi) is 8.55. The van der Waals surface area contributed by atoms with Crippen LogP contribution < -0.4 is 24.2 Å². The summed E-state index contributed by atoms with van der Waals surface area (Å²) in [6.45, 7) is 7.72. The Balaban J connectivity index is 1.50. The van der Waals surface area contributed by atoms with E-state index in [4.69, 9.17) is 19.0 Å². The Bertz CT molecular complexity index is 1310. The molecule has 3 aromatic rings. The van der Waals surface area contributed by atoms with Crippen LogP contribution in [0.5, 0.6) is 17.2 Å². The molecule has 3 atom stereocenters. The van der Waals surface area contributed by atoms with Crippen LogP contribution >= 0.6 is 0 Å². The zero-order valence-electron chi connectivity index (χ0n) is 23.2. The van der Waals surface area contributed by atoms with Crippen LogP contribution in [-0.2, 0) is 14.4 Å². The van der Waals surface area contributed by atoms with Crippen molar-refractivity contribution in [1.29, 1.82) is 0 Å². The second-order valence-electron chi connectivity index (χ2n) is 9.85. The van der Waals surface area contributed by atoms with Gasteiger partial charge in [-0.2, -0.15) is 0 Å². The molecule has 0 aliphatic carbocycles. The highest BCUT2D eigenvalue weighted by molar-refractivity contribution is 6.23. The average molecular weight is 545 g/mol. The fourth-order valence-electron chi connectivity index (χ4n) is 5.14. The number of carbonyl (C=O) groups is 2. The Hall–Kier alpha value is -4.04. The fourth-order valence-corrected chi connectivity index (χ4v) is 5.14. The number of anilines is 2. The van der Waals surface area contributed by atoms with E-state index in [1.165, 1.54) is 4.90 Å². The van der Waals surface area contributed by atoms with Gasteiger partial charge in [-0.3, -0.25) is 14.4 Å². The van der Waals surface area contributed by atoms with Gasteiger partial charge >= 0.3 is 0 Å². The van der Waals surface area contributed by atoms with Crippen molar-refractivity contribution >= 4 is 23.2 Å². The molecular weight excluding hydrogens is 508 g/mol. The molecule has 2 saturated heterocycles. The average Bonchev–Trinajstić information content (AvgIpc) is 3.49. The molecule has 2 aliphatic heterocycles. The molecule has 3 aromatic carbocycles. The third-order valence-electron chi connectivity index (χ3n) is 7.06. The highest BCUT2D eigenvalue weighted by Gasteiger charge is 2.60.